The molecular formula is C23H19NO2. The van der Waals surface area contributed by atoms with Gasteiger partial charge in [0.1, 0.15) is 17.2 Å². The first-order valence-electron chi connectivity index (χ1n) is 8.75. The molecule has 5 rings (SSSR count). The summed E-state index contributed by atoms with van der Waals surface area (Å²) in [4.78, 5) is 0. The Hall–Kier alpha value is -3.20. The minimum atomic E-state index is 0.108. The van der Waals surface area contributed by atoms with Gasteiger partial charge >= 0.3 is 0 Å². The van der Waals surface area contributed by atoms with Gasteiger partial charge in [-0.15, -0.1) is 0 Å². The van der Waals surface area contributed by atoms with Crippen LogP contribution in [0.1, 0.15) is 22.6 Å². The third-order valence-corrected chi connectivity index (χ3v) is 5.22. The zero-order chi connectivity index (χ0) is 17.7. The molecule has 1 aliphatic heterocycles. The lowest BCUT2D eigenvalue weighted by Crippen LogP contribution is -2.11. The van der Waals surface area contributed by atoms with Gasteiger partial charge in [0.2, 0.25) is 0 Å². The van der Waals surface area contributed by atoms with Gasteiger partial charge in [-0.1, -0.05) is 36.4 Å². The second kappa shape index (κ2) is 5.67. The van der Waals surface area contributed by atoms with Gasteiger partial charge < -0.3 is 14.0 Å². The van der Waals surface area contributed by atoms with E-state index < -0.39 is 0 Å². The van der Waals surface area contributed by atoms with Crippen LogP contribution in [0.15, 0.2) is 72.9 Å². The standard InChI is InChI=1S/C23H19NO2/c1-24-14-19(16-7-3-5-9-20(16)24)23-17-8-4-6-10-21(17)26-22-12-11-15(25-2)13-18(22)23/h3-14,23H,1-2H3. The Morgan fingerprint density at radius 3 is 2.50 bits per heavy atom. The maximum absolute atomic E-state index is 6.19. The monoisotopic (exact) mass is 341 g/mol. The third-order valence-electron chi connectivity index (χ3n) is 5.22. The highest BCUT2D eigenvalue weighted by Gasteiger charge is 2.30. The Morgan fingerprint density at radius 2 is 1.62 bits per heavy atom. The maximum atomic E-state index is 6.19. The highest BCUT2D eigenvalue weighted by atomic mass is 16.5. The van der Waals surface area contributed by atoms with Gasteiger partial charge in [0.05, 0.1) is 7.11 Å². The van der Waals surface area contributed by atoms with Crippen LogP contribution in [0.4, 0.5) is 0 Å². The van der Waals surface area contributed by atoms with Crippen molar-refractivity contribution < 1.29 is 9.47 Å². The van der Waals surface area contributed by atoms with Crippen LogP contribution in [0.2, 0.25) is 0 Å². The lowest BCUT2D eigenvalue weighted by molar-refractivity contribution is 0.409. The zero-order valence-electron chi connectivity index (χ0n) is 14.8. The smallest absolute Gasteiger partial charge is 0.131 e. The van der Waals surface area contributed by atoms with E-state index in [1.54, 1.807) is 7.11 Å². The lowest BCUT2D eigenvalue weighted by atomic mass is 9.82. The number of aryl methyl sites for hydroxylation is 1. The molecule has 0 radical (unpaired) electrons. The summed E-state index contributed by atoms with van der Waals surface area (Å²) < 4.78 is 13.9. The van der Waals surface area contributed by atoms with Crippen LogP contribution in [-0.2, 0) is 7.05 Å². The summed E-state index contributed by atoms with van der Waals surface area (Å²) in [5.74, 6) is 2.76. The van der Waals surface area contributed by atoms with Crippen molar-refractivity contribution in [2.75, 3.05) is 7.11 Å². The summed E-state index contributed by atoms with van der Waals surface area (Å²) in [5, 5.41) is 1.27. The highest BCUT2D eigenvalue weighted by molar-refractivity contribution is 5.86. The molecule has 0 saturated carbocycles. The molecule has 3 heteroatoms. The average molecular weight is 341 g/mol. The second-order valence-corrected chi connectivity index (χ2v) is 6.69. The largest absolute Gasteiger partial charge is 0.497 e. The van der Waals surface area contributed by atoms with E-state index in [9.17, 15) is 0 Å². The number of hydrogen-bond donors (Lipinski definition) is 0. The summed E-state index contributed by atoms with van der Waals surface area (Å²) in [7, 11) is 3.80. The van der Waals surface area contributed by atoms with Crippen molar-refractivity contribution >= 4 is 10.9 Å². The van der Waals surface area contributed by atoms with Crippen LogP contribution in [0.5, 0.6) is 17.2 Å². The molecule has 0 N–H and O–H groups in total. The predicted molar refractivity (Wildman–Crippen MR) is 103 cm³/mol. The normalized spacial score (nSPS) is 15.2. The van der Waals surface area contributed by atoms with Crippen molar-refractivity contribution in [1.82, 2.24) is 4.57 Å². The zero-order valence-corrected chi connectivity index (χ0v) is 14.8. The summed E-state index contributed by atoms with van der Waals surface area (Å²) in [5.41, 5.74) is 4.84. The lowest BCUT2D eigenvalue weighted by Gasteiger charge is -2.28. The molecule has 1 aliphatic rings. The van der Waals surface area contributed by atoms with Crippen LogP contribution in [0.25, 0.3) is 10.9 Å². The molecule has 0 spiro atoms. The third kappa shape index (κ3) is 2.14. The van der Waals surface area contributed by atoms with Crippen molar-refractivity contribution in [1.29, 1.82) is 0 Å². The van der Waals surface area contributed by atoms with E-state index in [1.165, 1.54) is 22.0 Å². The van der Waals surface area contributed by atoms with Crippen LogP contribution in [0, 0.1) is 0 Å². The van der Waals surface area contributed by atoms with Gasteiger partial charge in [-0.25, -0.2) is 0 Å². The molecular weight excluding hydrogens is 322 g/mol. The Morgan fingerprint density at radius 1 is 0.846 bits per heavy atom. The fourth-order valence-electron chi connectivity index (χ4n) is 4.01. The molecule has 1 unspecified atom stereocenters. The average Bonchev–Trinajstić information content (AvgIpc) is 3.02. The fourth-order valence-corrected chi connectivity index (χ4v) is 4.01. The number of aromatic nitrogens is 1. The molecule has 3 nitrogen and oxygen atoms in total. The van der Waals surface area contributed by atoms with Gasteiger partial charge in [0, 0.05) is 41.2 Å². The topological polar surface area (TPSA) is 23.4 Å². The first-order valence-corrected chi connectivity index (χ1v) is 8.75. The van der Waals surface area contributed by atoms with Crippen molar-refractivity contribution in [2.45, 2.75) is 5.92 Å². The number of nitrogens with zero attached hydrogens (tertiary/aromatic N) is 1. The van der Waals surface area contributed by atoms with E-state index in [-0.39, 0.29) is 5.92 Å². The van der Waals surface area contributed by atoms with Gasteiger partial charge in [-0.3, -0.25) is 0 Å². The Bertz CT molecular complexity index is 1130. The minimum absolute atomic E-state index is 0.108. The number of benzene rings is 3. The van der Waals surface area contributed by atoms with Crippen LogP contribution >= 0.6 is 0 Å². The maximum Gasteiger partial charge on any atom is 0.131 e. The van der Waals surface area contributed by atoms with Crippen molar-refractivity contribution in [3.63, 3.8) is 0 Å². The number of methoxy groups -OCH3 is 1. The fraction of sp³-hybridized carbons (Fsp3) is 0.130. The highest BCUT2D eigenvalue weighted by Crippen LogP contribution is 2.49. The Labute approximate surface area is 152 Å². The summed E-state index contributed by atoms with van der Waals surface area (Å²) in [6, 6.07) is 22.9. The van der Waals surface area contributed by atoms with E-state index in [0.717, 1.165) is 22.8 Å². The van der Waals surface area contributed by atoms with E-state index >= 15 is 0 Å². The van der Waals surface area contributed by atoms with Gasteiger partial charge in [-0.05, 0) is 35.9 Å². The van der Waals surface area contributed by atoms with Crippen molar-refractivity contribution in [3.05, 3.63) is 89.6 Å². The molecule has 0 amide bonds. The summed E-state index contributed by atoms with van der Waals surface area (Å²) in [6.45, 7) is 0. The molecule has 0 bridgehead atoms. The number of rotatable bonds is 2. The first kappa shape index (κ1) is 15.1. The van der Waals surface area contributed by atoms with Crippen LogP contribution < -0.4 is 9.47 Å². The predicted octanol–water partition coefficient (Wildman–Crippen LogP) is 5.47. The van der Waals surface area contributed by atoms with Gasteiger partial charge in [0.15, 0.2) is 0 Å². The quantitative estimate of drug-likeness (QED) is 0.425. The number of ether oxygens (including phenoxy) is 2. The summed E-state index contributed by atoms with van der Waals surface area (Å²) in [6.07, 6.45) is 2.24. The Kier molecular flexibility index (Phi) is 3.29. The van der Waals surface area contributed by atoms with E-state index in [0.29, 0.717) is 0 Å². The van der Waals surface area contributed by atoms with Gasteiger partial charge in [-0.2, -0.15) is 0 Å². The first-order chi connectivity index (χ1) is 12.8. The van der Waals surface area contributed by atoms with Crippen LogP contribution in [-0.4, -0.2) is 11.7 Å². The van der Waals surface area contributed by atoms with E-state index in [2.05, 4.69) is 60.3 Å². The molecule has 26 heavy (non-hydrogen) atoms. The minimum Gasteiger partial charge on any atom is -0.497 e. The van der Waals surface area contributed by atoms with Gasteiger partial charge in [0.25, 0.3) is 0 Å². The molecule has 0 saturated heterocycles. The molecule has 3 aromatic carbocycles. The molecule has 1 atom stereocenters. The van der Waals surface area contributed by atoms with E-state index in [4.69, 9.17) is 9.47 Å². The Balaban J connectivity index is 1.83. The molecule has 128 valence electrons. The van der Waals surface area contributed by atoms with Crippen molar-refractivity contribution in [2.24, 2.45) is 7.05 Å². The summed E-state index contributed by atoms with van der Waals surface area (Å²) >= 11 is 0. The van der Waals surface area contributed by atoms with Crippen molar-refractivity contribution in [3.8, 4) is 17.2 Å². The molecule has 4 aromatic rings. The second-order valence-electron chi connectivity index (χ2n) is 6.69. The molecule has 2 heterocycles. The SMILES string of the molecule is COc1ccc2c(c1)C(c1cn(C)c3ccccc13)c1ccccc1O2. The number of para-hydroxylation sites is 2. The number of fused-ring (bicyclic) bond motifs is 3. The molecule has 0 fully saturated rings. The number of hydrogen-bond acceptors (Lipinski definition) is 2. The molecule has 1 aromatic heterocycles. The van der Waals surface area contributed by atoms with Crippen LogP contribution in [0.3, 0.4) is 0 Å². The molecule has 0 aliphatic carbocycles. The van der Waals surface area contributed by atoms with E-state index in [1.807, 2.05) is 24.3 Å².